The van der Waals surface area contributed by atoms with Gasteiger partial charge in [-0.15, -0.1) is 0 Å². The number of carbonyl (C=O) groups excluding carboxylic acids is 1. The number of halogens is 1. The first-order valence-electron chi connectivity index (χ1n) is 6.21. The summed E-state index contributed by atoms with van der Waals surface area (Å²) in [5.74, 6) is 0.0994. The molecular formula is C14H17BrN2OS. The van der Waals surface area contributed by atoms with Crippen LogP contribution in [0.5, 0.6) is 0 Å². The van der Waals surface area contributed by atoms with E-state index in [2.05, 4.69) is 27.2 Å². The predicted molar refractivity (Wildman–Crippen MR) is 85.5 cm³/mol. The van der Waals surface area contributed by atoms with Crippen LogP contribution >= 0.6 is 27.9 Å². The van der Waals surface area contributed by atoms with Gasteiger partial charge >= 0.3 is 0 Å². The Hall–Kier alpha value is -0.940. The first-order chi connectivity index (χ1) is 9.02. The molecule has 0 atom stereocenters. The summed E-state index contributed by atoms with van der Waals surface area (Å²) in [4.78, 5) is 15.2. The molecule has 0 aliphatic carbocycles. The van der Waals surface area contributed by atoms with Gasteiger partial charge in [0.25, 0.3) is 0 Å². The Morgan fingerprint density at radius 3 is 2.79 bits per heavy atom. The maximum Gasteiger partial charge on any atom is 0.204 e. The normalized spacial score (nSPS) is 16.7. The van der Waals surface area contributed by atoms with E-state index in [0.717, 1.165) is 33.6 Å². The zero-order chi connectivity index (χ0) is 14.0. The van der Waals surface area contributed by atoms with Gasteiger partial charge in [0.2, 0.25) is 5.78 Å². The molecule has 5 heteroatoms. The van der Waals surface area contributed by atoms with E-state index in [-0.39, 0.29) is 5.78 Å². The number of hydrogen-bond donors (Lipinski definition) is 0. The Bertz CT molecular complexity index is 528. The zero-order valence-corrected chi connectivity index (χ0v) is 13.7. The standard InChI is InChI=1S/C14H17BrN2OS/c1-4-7-17-12-6-5-10(15)8-11(12)14(18)13(19-17)9-16(2)3/h5-6,8-9H,4,7H2,1-3H3. The molecule has 0 bridgehead atoms. The fourth-order valence-corrected chi connectivity index (χ4v) is 3.52. The molecule has 0 saturated carbocycles. The number of benzene rings is 1. The van der Waals surface area contributed by atoms with Gasteiger partial charge < -0.3 is 9.21 Å². The minimum absolute atomic E-state index is 0.0994. The summed E-state index contributed by atoms with van der Waals surface area (Å²) >= 11 is 4.97. The quantitative estimate of drug-likeness (QED) is 0.614. The van der Waals surface area contributed by atoms with E-state index in [1.165, 1.54) is 11.9 Å². The van der Waals surface area contributed by atoms with Crippen LogP contribution in [0.15, 0.2) is 33.8 Å². The highest BCUT2D eigenvalue weighted by molar-refractivity contribution is 9.10. The number of allylic oxidation sites excluding steroid dienone is 1. The Labute approximate surface area is 126 Å². The molecule has 1 aliphatic heterocycles. The van der Waals surface area contributed by atoms with Crippen molar-refractivity contribution < 1.29 is 4.79 Å². The lowest BCUT2D eigenvalue weighted by Gasteiger charge is -2.30. The van der Waals surface area contributed by atoms with Crippen molar-refractivity contribution in [1.29, 1.82) is 0 Å². The minimum Gasteiger partial charge on any atom is -0.382 e. The van der Waals surface area contributed by atoms with Gasteiger partial charge in [0.15, 0.2) is 0 Å². The molecule has 1 aromatic rings. The highest BCUT2D eigenvalue weighted by Crippen LogP contribution is 2.40. The van der Waals surface area contributed by atoms with Crippen LogP contribution in [0, 0.1) is 0 Å². The fourth-order valence-electron chi connectivity index (χ4n) is 1.94. The minimum atomic E-state index is 0.0994. The first-order valence-corrected chi connectivity index (χ1v) is 7.77. The molecule has 19 heavy (non-hydrogen) atoms. The van der Waals surface area contributed by atoms with Crippen molar-refractivity contribution in [3.63, 3.8) is 0 Å². The van der Waals surface area contributed by atoms with Gasteiger partial charge in [0.1, 0.15) is 0 Å². The van der Waals surface area contributed by atoms with Gasteiger partial charge in [0.05, 0.1) is 10.6 Å². The van der Waals surface area contributed by atoms with Crippen LogP contribution in [0.3, 0.4) is 0 Å². The molecule has 0 spiro atoms. The molecule has 102 valence electrons. The first kappa shape index (κ1) is 14.5. The van der Waals surface area contributed by atoms with Gasteiger partial charge in [-0.2, -0.15) is 0 Å². The van der Waals surface area contributed by atoms with E-state index < -0.39 is 0 Å². The van der Waals surface area contributed by atoms with Crippen LogP contribution in [-0.4, -0.2) is 31.3 Å². The number of carbonyl (C=O) groups is 1. The smallest absolute Gasteiger partial charge is 0.204 e. The topological polar surface area (TPSA) is 23.6 Å². The molecule has 2 rings (SSSR count). The van der Waals surface area contributed by atoms with Crippen molar-refractivity contribution in [2.45, 2.75) is 13.3 Å². The zero-order valence-electron chi connectivity index (χ0n) is 11.3. The maximum absolute atomic E-state index is 12.5. The summed E-state index contributed by atoms with van der Waals surface area (Å²) in [6, 6.07) is 5.89. The number of nitrogens with zero attached hydrogens (tertiary/aromatic N) is 2. The van der Waals surface area contributed by atoms with Crippen LogP contribution in [0.1, 0.15) is 23.7 Å². The van der Waals surface area contributed by atoms with Gasteiger partial charge in [-0.05, 0) is 36.6 Å². The second-order valence-electron chi connectivity index (χ2n) is 4.64. The molecule has 0 saturated heterocycles. The summed E-state index contributed by atoms with van der Waals surface area (Å²) in [6.07, 6.45) is 2.94. The number of anilines is 1. The van der Waals surface area contributed by atoms with Gasteiger partial charge in [-0.1, -0.05) is 22.9 Å². The summed E-state index contributed by atoms with van der Waals surface area (Å²) in [5.41, 5.74) is 1.78. The molecule has 3 nitrogen and oxygen atoms in total. The van der Waals surface area contributed by atoms with Gasteiger partial charge in [-0.3, -0.25) is 4.79 Å². The van der Waals surface area contributed by atoms with Crippen molar-refractivity contribution >= 4 is 39.3 Å². The Balaban J connectivity index is 2.48. The SMILES string of the molecule is CCCN1SC(=CN(C)C)C(=O)c2cc(Br)ccc21. The Morgan fingerprint density at radius 2 is 2.16 bits per heavy atom. The lowest BCUT2D eigenvalue weighted by molar-refractivity contribution is 0.104. The van der Waals surface area contributed by atoms with Crippen LogP contribution in [0.2, 0.25) is 0 Å². The van der Waals surface area contributed by atoms with Crippen molar-refractivity contribution in [2.24, 2.45) is 0 Å². The third-order valence-electron chi connectivity index (χ3n) is 2.71. The molecule has 1 aromatic carbocycles. The monoisotopic (exact) mass is 340 g/mol. The highest BCUT2D eigenvalue weighted by atomic mass is 79.9. The van der Waals surface area contributed by atoms with E-state index in [1.54, 1.807) is 0 Å². The van der Waals surface area contributed by atoms with Crippen LogP contribution in [-0.2, 0) is 0 Å². The lowest BCUT2D eigenvalue weighted by Crippen LogP contribution is -2.25. The highest BCUT2D eigenvalue weighted by Gasteiger charge is 2.28. The average Bonchev–Trinajstić information content (AvgIpc) is 2.34. The number of fused-ring (bicyclic) bond motifs is 1. The predicted octanol–water partition coefficient (Wildman–Crippen LogP) is 3.91. The summed E-state index contributed by atoms with van der Waals surface area (Å²) < 4.78 is 3.13. The Kier molecular flexibility index (Phi) is 4.58. The molecule has 0 N–H and O–H groups in total. The second kappa shape index (κ2) is 6.01. The lowest BCUT2D eigenvalue weighted by atomic mass is 10.1. The van der Waals surface area contributed by atoms with Crippen molar-refractivity contribution in [2.75, 3.05) is 24.9 Å². The number of ketones is 1. The van der Waals surface area contributed by atoms with Crippen LogP contribution in [0.4, 0.5) is 5.69 Å². The molecule has 0 radical (unpaired) electrons. The summed E-state index contributed by atoms with van der Waals surface area (Å²) in [6.45, 7) is 3.07. The largest absolute Gasteiger partial charge is 0.382 e. The van der Waals surface area contributed by atoms with E-state index in [1.807, 2.05) is 43.4 Å². The molecular weight excluding hydrogens is 324 g/mol. The van der Waals surface area contributed by atoms with Crippen LogP contribution in [0.25, 0.3) is 0 Å². The van der Waals surface area contributed by atoms with Crippen LogP contribution < -0.4 is 4.31 Å². The molecule has 0 amide bonds. The molecule has 1 heterocycles. The molecule has 0 aromatic heterocycles. The molecule has 0 unspecified atom stereocenters. The number of hydrogen-bond acceptors (Lipinski definition) is 4. The van der Waals surface area contributed by atoms with Gasteiger partial charge in [0, 0.05) is 36.9 Å². The van der Waals surface area contributed by atoms with E-state index in [0.29, 0.717) is 0 Å². The third kappa shape index (κ3) is 3.15. The summed E-state index contributed by atoms with van der Waals surface area (Å²) in [5, 5.41) is 0. The molecule has 1 aliphatic rings. The summed E-state index contributed by atoms with van der Waals surface area (Å²) in [7, 11) is 3.86. The molecule has 0 fully saturated rings. The van der Waals surface area contributed by atoms with E-state index in [4.69, 9.17) is 0 Å². The number of Topliss-reactive ketones (excluding diaryl/α,β-unsaturated/α-hetero) is 1. The van der Waals surface area contributed by atoms with Crippen molar-refractivity contribution in [3.8, 4) is 0 Å². The second-order valence-corrected chi connectivity index (χ2v) is 6.62. The average molecular weight is 341 g/mol. The Morgan fingerprint density at radius 1 is 1.42 bits per heavy atom. The van der Waals surface area contributed by atoms with Crippen molar-refractivity contribution in [3.05, 3.63) is 39.3 Å². The maximum atomic E-state index is 12.5. The third-order valence-corrected chi connectivity index (χ3v) is 4.29. The number of rotatable bonds is 3. The van der Waals surface area contributed by atoms with Crippen molar-refractivity contribution in [1.82, 2.24) is 4.90 Å². The van der Waals surface area contributed by atoms with Gasteiger partial charge in [-0.25, -0.2) is 0 Å². The van der Waals surface area contributed by atoms with E-state index >= 15 is 0 Å². The van der Waals surface area contributed by atoms with E-state index in [9.17, 15) is 4.79 Å². The fraction of sp³-hybridized carbons (Fsp3) is 0.357.